The van der Waals surface area contributed by atoms with Crippen molar-refractivity contribution in [1.29, 1.82) is 0 Å². The molecule has 3 rings (SSSR count). The Morgan fingerprint density at radius 2 is 1.96 bits per heavy atom. The van der Waals surface area contributed by atoms with Crippen LogP contribution in [0.5, 0.6) is 0 Å². The third-order valence-corrected chi connectivity index (χ3v) is 5.56. The minimum atomic E-state index is -1.49. The van der Waals surface area contributed by atoms with E-state index in [1.165, 1.54) is 12.1 Å². The molecular weight excluding hydrogens is 415 g/mol. The third-order valence-electron chi connectivity index (χ3n) is 4.45. The second kappa shape index (κ2) is 7.53. The molecule has 0 amide bonds. The van der Waals surface area contributed by atoms with Crippen LogP contribution in [0.4, 0.5) is 11.4 Å². The second-order valence-electron chi connectivity index (χ2n) is 5.83. The number of aliphatic hydroxyl groups excluding tert-OH is 4. The summed E-state index contributed by atoms with van der Waals surface area (Å²) in [4.78, 5) is 12.2. The Balaban J connectivity index is 2.04. The molecule has 2 aromatic rings. The fourth-order valence-electron chi connectivity index (χ4n) is 3.18. The number of benzene rings is 1. The van der Waals surface area contributed by atoms with Crippen molar-refractivity contribution in [3.63, 3.8) is 0 Å². The molecule has 0 spiro atoms. The number of rotatable bonds is 5. The molecule has 0 saturated carbocycles. The number of hydrogen-bond donors (Lipinski definition) is 4. The summed E-state index contributed by atoms with van der Waals surface area (Å²) >= 11 is -0.523. The van der Waals surface area contributed by atoms with Crippen molar-refractivity contribution in [3.8, 4) is 0 Å². The summed E-state index contributed by atoms with van der Waals surface area (Å²) in [7, 11) is 0. The summed E-state index contributed by atoms with van der Waals surface area (Å²) in [5.74, 6) is 0. The number of fused-ring (bicyclic) bond motifs is 1. The van der Waals surface area contributed by atoms with Gasteiger partial charge in [0.1, 0.15) is 0 Å². The SMILES string of the molecule is CCN(c1ccc([N+](=O)[O-])c2n[se]nc12)[C@H]1C(O)O[C@H](CO)[C@@H](O)[C@@H]1O. The number of ether oxygens (including phenoxy) is 1. The van der Waals surface area contributed by atoms with Gasteiger partial charge in [0.15, 0.2) is 0 Å². The van der Waals surface area contributed by atoms with E-state index in [4.69, 9.17) is 4.74 Å². The summed E-state index contributed by atoms with van der Waals surface area (Å²) in [6.45, 7) is 1.50. The van der Waals surface area contributed by atoms with E-state index >= 15 is 0 Å². The van der Waals surface area contributed by atoms with Crippen LogP contribution in [0.25, 0.3) is 11.0 Å². The van der Waals surface area contributed by atoms with Crippen molar-refractivity contribution in [2.45, 2.75) is 37.6 Å². The van der Waals surface area contributed by atoms with Gasteiger partial charge < -0.3 is 0 Å². The summed E-state index contributed by atoms with van der Waals surface area (Å²) in [5, 5.41) is 51.3. The summed E-state index contributed by atoms with van der Waals surface area (Å²) < 4.78 is 13.6. The maximum atomic E-state index is 11.2. The number of aliphatic hydroxyl groups is 4. The van der Waals surface area contributed by atoms with Gasteiger partial charge in [-0.3, -0.25) is 0 Å². The first-order chi connectivity index (χ1) is 12.4. The number of aromatic nitrogens is 2. The van der Waals surface area contributed by atoms with Crippen molar-refractivity contribution >= 4 is 37.4 Å². The van der Waals surface area contributed by atoms with E-state index in [-0.39, 0.29) is 11.2 Å². The fourth-order valence-corrected chi connectivity index (χ4v) is 4.36. The normalized spacial score (nSPS) is 29.0. The molecule has 1 aliphatic rings. The zero-order valence-electron chi connectivity index (χ0n) is 13.7. The number of non-ortho nitro benzene ring substituents is 1. The quantitative estimate of drug-likeness (QED) is 0.241. The van der Waals surface area contributed by atoms with E-state index < -0.39 is 57.1 Å². The number of anilines is 1. The van der Waals surface area contributed by atoms with Crippen LogP contribution in [0.2, 0.25) is 0 Å². The summed E-state index contributed by atoms with van der Waals surface area (Å²) in [5.41, 5.74) is 0.765. The standard InChI is InChI=1S/C14H18N4O7Se/c1-2-17(11-13(21)12(20)8(5-19)25-14(11)22)6-3-4-7(18(23)24)10-9(6)15-26-16-10/h3-4,8,11-14,19-22H,2,5H2,1H3/t8-,11-,12-,13-,14?/m1/s1. The number of nitrogens with zero attached hydrogens (tertiary/aromatic N) is 4. The fraction of sp³-hybridized carbons (Fsp3) is 0.571. The molecule has 1 aromatic carbocycles. The Morgan fingerprint density at radius 1 is 1.27 bits per heavy atom. The third kappa shape index (κ3) is 3.09. The average Bonchev–Trinajstić information content (AvgIpc) is 3.10. The summed E-state index contributed by atoms with van der Waals surface area (Å²) in [6.07, 6.45) is -5.41. The second-order valence-corrected chi connectivity index (χ2v) is 6.94. The Labute approximate surface area is 153 Å². The van der Waals surface area contributed by atoms with Gasteiger partial charge in [-0.05, 0) is 0 Å². The van der Waals surface area contributed by atoms with Crippen LogP contribution in [0, 0.1) is 10.1 Å². The van der Waals surface area contributed by atoms with Crippen LogP contribution in [0.3, 0.4) is 0 Å². The minimum absolute atomic E-state index is 0.163. The average molecular weight is 433 g/mol. The number of nitro benzene ring substituents is 1. The molecule has 5 atom stereocenters. The molecule has 1 fully saturated rings. The van der Waals surface area contributed by atoms with Gasteiger partial charge in [0, 0.05) is 0 Å². The van der Waals surface area contributed by atoms with Crippen LogP contribution in [0.15, 0.2) is 12.1 Å². The monoisotopic (exact) mass is 434 g/mol. The van der Waals surface area contributed by atoms with E-state index in [0.29, 0.717) is 17.7 Å². The number of hydrogen-bond acceptors (Lipinski definition) is 10. The van der Waals surface area contributed by atoms with Crippen LogP contribution >= 0.6 is 0 Å². The van der Waals surface area contributed by atoms with Crippen molar-refractivity contribution in [3.05, 3.63) is 22.2 Å². The number of likely N-dealkylation sites (N-methyl/N-ethyl adjacent to an activating group) is 1. The Hall–Kier alpha value is -1.66. The molecule has 0 radical (unpaired) electrons. The Morgan fingerprint density at radius 3 is 2.58 bits per heavy atom. The van der Waals surface area contributed by atoms with Crippen LogP contribution in [0.1, 0.15) is 6.92 Å². The Bertz CT molecular complexity index is 803. The maximum absolute atomic E-state index is 11.2. The van der Waals surface area contributed by atoms with Crippen molar-refractivity contribution in [1.82, 2.24) is 7.96 Å². The summed E-state index contributed by atoms with van der Waals surface area (Å²) in [6, 6.07) is 1.73. The van der Waals surface area contributed by atoms with Gasteiger partial charge in [-0.2, -0.15) is 0 Å². The Kier molecular flexibility index (Phi) is 5.53. The molecule has 1 aliphatic heterocycles. The molecule has 4 N–H and O–H groups in total. The van der Waals surface area contributed by atoms with Gasteiger partial charge in [-0.25, -0.2) is 0 Å². The zero-order valence-corrected chi connectivity index (χ0v) is 15.4. The van der Waals surface area contributed by atoms with Gasteiger partial charge in [0.25, 0.3) is 0 Å². The van der Waals surface area contributed by atoms with Crippen LogP contribution < -0.4 is 4.90 Å². The van der Waals surface area contributed by atoms with Crippen LogP contribution in [-0.4, -0.2) is 92.1 Å². The van der Waals surface area contributed by atoms with Crippen molar-refractivity contribution in [2.75, 3.05) is 18.1 Å². The number of nitro groups is 1. The molecular formula is C14H18N4O7Se. The van der Waals surface area contributed by atoms with Crippen molar-refractivity contribution in [2.24, 2.45) is 0 Å². The molecule has 0 bridgehead atoms. The van der Waals surface area contributed by atoms with E-state index in [0.717, 1.165) is 0 Å². The van der Waals surface area contributed by atoms with Gasteiger partial charge in [0.05, 0.1) is 0 Å². The zero-order chi connectivity index (χ0) is 19.0. The van der Waals surface area contributed by atoms with E-state index in [1.807, 2.05) is 0 Å². The molecule has 1 unspecified atom stereocenters. The van der Waals surface area contributed by atoms with E-state index in [2.05, 4.69) is 7.96 Å². The van der Waals surface area contributed by atoms with Gasteiger partial charge in [-0.1, -0.05) is 0 Å². The first-order valence-electron chi connectivity index (χ1n) is 7.87. The predicted molar refractivity (Wildman–Crippen MR) is 89.9 cm³/mol. The first kappa shape index (κ1) is 19.1. The van der Waals surface area contributed by atoms with Crippen molar-refractivity contribution < 1.29 is 30.1 Å². The predicted octanol–water partition coefficient (Wildman–Crippen LogP) is -1.78. The molecule has 1 aromatic heterocycles. The van der Waals surface area contributed by atoms with Gasteiger partial charge >= 0.3 is 153 Å². The molecule has 142 valence electrons. The van der Waals surface area contributed by atoms with Crippen LogP contribution in [-0.2, 0) is 4.74 Å². The first-order valence-corrected chi connectivity index (χ1v) is 9.40. The molecule has 0 aliphatic carbocycles. The van der Waals surface area contributed by atoms with E-state index in [1.54, 1.807) is 11.8 Å². The molecule has 12 heteroatoms. The van der Waals surface area contributed by atoms with Gasteiger partial charge in [-0.15, -0.1) is 0 Å². The molecule has 1 saturated heterocycles. The topological polar surface area (TPSA) is 162 Å². The van der Waals surface area contributed by atoms with Gasteiger partial charge in [0.2, 0.25) is 0 Å². The molecule has 11 nitrogen and oxygen atoms in total. The molecule has 2 heterocycles. The molecule has 26 heavy (non-hydrogen) atoms. The van der Waals surface area contributed by atoms with E-state index in [9.17, 15) is 30.5 Å².